The summed E-state index contributed by atoms with van der Waals surface area (Å²) >= 11 is 0. The van der Waals surface area contributed by atoms with E-state index in [1.54, 1.807) is 0 Å². The van der Waals surface area contributed by atoms with Crippen molar-refractivity contribution in [2.75, 3.05) is 19.6 Å². The molecule has 0 radical (unpaired) electrons. The Morgan fingerprint density at radius 2 is 2.47 bits per heavy atom. The van der Waals surface area contributed by atoms with Gasteiger partial charge < -0.3 is 10.6 Å². The van der Waals surface area contributed by atoms with Crippen LogP contribution >= 0.6 is 0 Å². The van der Waals surface area contributed by atoms with Gasteiger partial charge in [-0.2, -0.15) is 5.10 Å². The maximum Gasteiger partial charge on any atom is 0.224 e. The van der Waals surface area contributed by atoms with Gasteiger partial charge in [0, 0.05) is 19.3 Å². The van der Waals surface area contributed by atoms with Crippen LogP contribution in [0, 0.1) is 18.8 Å². The highest BCUT2D eigenvalue weighted by atomic mass is 16.1. The Kier molecular flexibility index (Phi) is 3.78. The van der Waals surface area contributed by atoms with E-state index in [-0.39, 0.29) is 11.8 Å². The number of nitrogens with one attached hydrogen (secondary N) is 2. The molecular formula is C12H20N4O. The van der Waals surface area contributed by atoms with Crippen LogP contribution in [0.15, 0.2) is 12.4 Å². The van der Waals surface area contributed by atoms with E-state index in [0.717, 1.165) is 25.2 Å². The molecule has 0 aliphatic carbocycles. The minimum Gasteiger partial charge on any atom is -0.354 e. The lowest BCUT2D eigenvalue weighted by Gasteiger charge is -2.14. The second-order valence-electron chi connectivity index (χ2n) is 4.81. The third kappa shape index (κ3) is 3.06. The first kappa shape index (κ1) is 12.1. The summed E-state index contributed by atoms with van der Waals surface area (Å²) < 4.78 is 1.85. The number of carbonyl (C=O) groups is 1. The van der Waals surface area contributed by atoms with E-state index in [9.17, 15) is 4.79 Å². The predicted octanol–water partition coefficient (Wildman–Crippen LogP) is 0.163. The van der Waals surface area contributed by atoms with Gasteiger partial charge in [-0.1, -0.05) is 6.92 Å². The summed E-state index contributed by atoms with van der Waals surface area (Å²) in [6.07, 6.45) is 3.80. The number of aryl methyl sites for hydroxylation is 1. The number of amides is 1. The van der Waals surface area contributed by atoms with Gasteiger partial charge in [-0.15, -0.1) is 0 Å². The van der Waals surface area contributed by atoms with Crippen molar-refractivity contribution in [1.82, 2.24) is 20.4 Å². The Bertz CT molecular complexity index is 388. The zero-order valence-corrected chi connectivity index (χ0v) is 10.4. The van der Waals surface area contributed by atoms with E-state index in [2.05, 4.69) is 22.7 Å². The summed E-state index contributed by atoms with van der Waals surface area (Å²) in [4.78, 5) is 11.9. The average molecular weight is 236 g/mol. The molecule has 1 aliphatic heterocycles. The fourth-order valence-corrected chi connectivity index (χ4v) is 2.18. The predicted molar refractivity (Wildman–Crippen MR) is 65.5 cm³/mol. The van der Waals surface area contributed by atoms with Gasteiger partial charge >= 0.3 is 0 Å². The van der Waals surface area contributed by atoms with Gasteiger partial charge in [0.15, 0.2) is 0 Å². The monoisotopic (exact) mass is 236 g/mol. The van der Waals surface area contributed by atoms with Gasteiger partial charge in [-0.25, -0.2) is 0 Å². The highest BCUT2D eigenvalue weighted by Crippen LogP contribution is 2.15. The van der Waals surface area contributed by atoms with Gasteiger partial charge in [-0.05, 0) is 24.9 Å². The van der Waals surface area contributed by atoms with Crippen LogP contribution in [0.4, 0.5) is 0 Å². The van der Waals surface area contributed by atoms with E-state index >= 15 is 0 Å². The molecule has 1 aromatic heterocycles. The van der Waals surface area contributed by atoms with Gasteiger partial charge in [-0.3, -0.25) is 9.48 Å². The maximum atomic E-state index is 11.9. The number of carbonyl (C=O) groups excluding carboxylic acids is 1. The average Bonchev–Trinajstić information content (AvgIpc) is 2.87. The summed E-state index contributed by atoms with van der Waals surface area (Å²) in [5, 5.41) is 10.4. The lowest BCUT2D eigenvalue weighted by molar-refractivity contribution is -0.125. The summed E-state index contributed by atoms with van der Waals surface area (Å²) in [5.74, 6) is 0.711. The molecular weight excluding hydrogens is 216 g/mol. The van der Waals surface area contributed by atoms with Crippen molar-refractivity contribution in [1.29, 1.82) is 0 Å². The fourth-order valence-electron chi connectivity index (χ4n) is 2.18. The first-order valence-corrected chi connectivity index (χ1v) is 6.14. The summed E-state index contributed by atoms with van der Waals surface area (Å²) in [5.41, 5.74) is 1.14. The van der Waals surface area contributed by atoms with E-state index < -0.39 is 0 Å². The molecule has 1 saturated heterocycles. The van der Waals surface area contributed by atoms with E-state index in [1.165, 1.54) is 0 Å². The number of hydrogen-bond donors (Lipinski definition) is 2. The van der Waals surface area contributed by atoms with Crippen molar-refractivity contribution in [3.8, 4) is 0 Å². The standard InChI is InChI=1S/C12H20N4O/c1-9-5-15-16(8-9)4-3-14-12(17)11-7-13-6-10(11)2/h5,8,10-11,13H,3-4,6-7H2,1-2H3,(H,14,17). The molecule has 1 fully saturated rings. The molecule has 0 bridgehead atoms. The topological polar surface area (TPSA) is 59.0 Å². The van der Waals surface area contributed by atoms with Gasteiger partial charge in [0.1, 0.15) is 0 Å². The second kappa shape index (κ2) is 5.31. The first-order chi connectivity index (χ1) is 8.16. The van der Waals surface area contributed by atoms with Crippen LogP contribution in [-0.2, 0) is 11.3 Å². The highest BCUT2D eigenvalue weighted by Gasteiger charge is 2.28. The van der Waals surface area contributed by atoms with Gasteiger partial charge in [0.25, 0.3) is 0 Å². The maximum absolute atomic E-state index is 11.9. The van der Waals surface area contributed by atoms with Crippen molar-refractivity contribution >= 4 is 5.91 Å². The minimum absolute atomic E-state index is 0.120. The largest absolute Gasteiger partial charge is 0.354 e. The molecule has 1 aliphatic rings. The number of hydrogen-bond acceptors (Lipinski definition) is 3. The van der Waals surface area contributed by atoms with Crippen LogP contribution in [0.1, 0.15) is 12.5 Å². The minimum atomic E-state index is 0.120. The number of aromatic nitrogens is 2. The molecule has 0 aromatic carbocycles. The van der Waals surface area contributed by atoms with Crippen molar-refractivity contribution in [3.63, 3.8) is 0 Å². The molecule has 2 unspecified atom stereocenters. The Balaban J connectivity index is 1.73. The Labute approximate surface area is 102 Å². The lowest BCUT2D eigenvalue weighted by Crippen LogP contribution is -2.36. The van der Waals surface area contributed by atoms with Crippen molar-refractivity contribution < 1.29 is 4.79 Å². The van der Waals surface area contributed by atoms with Crippen LogP contribution in [0.5, 0.6) is 0 Å². The molecule has 5 heteroatoms. The van der Waals surface area contributed by atoms with Crippen molar-refractivity contribution in [3.05, 3.63) is 18.0 Å². The molecule has 2 rings (SSSR count). The molecule has 17 heavy (non-hydrogen) atoms. The van der Waals surface area contributed by atoms with E-state index in [0.29, 0.717) is 12.5 Å². The van der Waals surface area contributed by atoms with Crippen LogP contribution in [0.25, 0.3) is 0 Å². The van der Waals surface area contributed by atoms with Crippen LogP contribution in [-0.4, -0.2) is 35.3 Å². The molecule has 2 heterocycles. The molecule has 1 aromatic rings. The Hall–Kier alpha value is -1.36. The van der Waals surface area contributed by atoms with Crippen molar-refractivity contribution in [2.45, 2.75) is 20.4 Å². The highest BCUT2D eigenvalue weighted by molar-refractivity contribution is 5.79. The third-order valence-corrected chi connectivity index (χ3v) is 3.26. The normalized spacial score (nSPS) is 23.9. The zero-order valence-electron chi connectivity index (χ0n) is 10.4. The quantitative estimate of drug-likeness (QED) is 0.783. The summed E-state index contributed by atoms with van der Waals surface area (Å²) in [7, 11) is 0. The zero-order chi connectivity index (χ0) is 12.3. The molecule has 2 atom stereocenters. The Morgan fingerprint density at radius 1 is 1.65 bits per heavy atom. The fraction of sp³-hybridized carbons (Fsp3) is 0.667. The first-order valence-electron chi connectivity index (χ1n) is 6.14. The van der Waals surface area contributed by atoms with Crippen LogP contribution in [0.3, 0.4) is 0 Å². The second-order valence-corrected chi connectivity index (χ2v) is 4.81. The van der Waals surface area contributed by atoms with Crippen LogP contribution in [0.2, 0.25) is 0 Å². The lowest BCUT2D eigenvalue weighted by atomic mass is 9.97. The molecule has 2 N–H and O–H groups in total. The third-order valence-electron chi connectivity index (χ3n) is 3.26. The van der Waals surface area contributed by atoms with Crippen LogP contribution < -0.4 is 10.6 Å². The summed E-state index contributed by atoms with van der Waals surface area (Å²) in [6.45, 7) is 7.23. The summed E-state index contributed by atoms with van der Waals surface area (Å²) in [6, 6.07) is 0. The van der Waals surface area contributed by atoms with Crippen molar-refractivity contribution in [2.24, 2.45) is 11.8 Å². The molecule has 0 saturated carbocycles. The Morgan fingerprint density at radius 3 is 3.06 bits per heavy atom. The molecule has 1 amide bonds. The van der Waals surface area contributed by atoms with Gasteiger partial charge in [0.2, 0.25) is 5.91 Å². The number of rotatable bonds is 4. The SMILES string of the molecule is Cc1cnn(CCNC(=O)C2CNCC2C)c1. The van der Waals surface area contributed by atoms with E-state index in [1.807, 2.05) is 24.0 Å². The molecule has 94 valence electrons. The number of nitrogens with zero attached hydrogens (tertiary/aromatic N) is 2. The van der Waals surface area contributed by atoms with E-state index in [4.69, 9.17) is 0 Å². The molecule has 0 spiro atoms. The smallest absolute Gasteiger partial charge is 0.224 e. The molecule has 5 nitrogen and oxygen atoms in total. The van der Waals surface area contributed by atoms with Gasteiger partial charge in [0.05, 0.1) is 18.7 Å².